The summed E-state index contributed by atoms with van der Waals surface area (Å²) < 4.78 is 7.47. The number of carbonyl (C=O) groups is 2. The zero-order valence-corrected chi connectivity index (χ0v) is 18.0. The number of aryl methyl sites for hydroxylation is 2. The Bertz CT molecular complexity index is 1070. The van der Waals surface area contributed by atoms with E-state index in [-0.39, 0.29) is 18.2 Å². The molecule has 1 aliphatic rings. The van der Waals surface area contributed by atoms with Crippen molar-refractivity contribution in [1.29, 1.82) is 0 Å². The van der Waals surface area contributed by atoms with Gasteiger partial charge in [0, 0.05) is 38.4 Å². The highest BCUT2D eigenvalue weighted by Gasteiger charge is 2.35. The van der Waals surface area contributed by atoms with E-state index >= 15 is 0 Å². The Balaban J connectivity index is 1.49. The molecule has 0 spiro atoms. The number of hydrogen-bond donors (Lipinski definition) is 1. The summed E-state index contributed by atoms with van der Waals surface area (Å²) in [5, 5.41) is 2.98. The van der Waals surface area contributed by atoms with Crippen LogP contribution in [-0.2, 0) is 20.9 Å². The van der Waals surface area contributed by atoms with Gasteiger partial charge < -0.3 is 14.2 Å². The van der Waals surface area contributed by atoms with Gasteiger partial charge in [-0.3, -0.25) is 14.9 Å². The van der Waals surface area contributed by atoms with E-state index in [4.69, 9.17) is 4.74 Å². The summed E-state index contributed by atoms with van der Waals surface area (Å²) in [4.78, 5) is 31.9. The molecule has 1 saturated heterocycles. The summed E-state index contributed by atoms with van der Waals surface area (Å²) >= 11 is 0. The molecule has 2 amide bonds. The van der Waals surface area contributed by atoms with Crippen molar-refractivity contribution in [3.63, 3.8) is 0 Å². The van der Waals surface area contributed by atoms with Crippen LogP contribution in [0.25, 0.3) is 11.0 Å². The Labute approximate surface area is 182 Å². The number of hydrogen-bond acceptors (Lipinski definition) is 4. The van der Waals surface area contributed by atoms with Crippen molar-refractivity contribution < 1.29 is 14.3 Å². The number of anilines is 2. The van der Waals surface area contributed by atoms with Gasteiger partial charge in [-0.05, 0) is 44.5 Å². The lowest BCUT2D eigenvalue weighted by Crippen LogP contribution is -2.29. The number of rotatable bonds is 8. The average Bonchev–Trinajstić information content (AvgIpc) is 3.32. The molecule has 7 heteroatoms. The first kappa shape index (κ1) is 21.1. The molecule has 0 bridgehead atoms. The molecule has 1 fully saturated rings. The SMILES string of the molecule is CCOCCCn1c(NC(=O)C2CC(=O)N(c3ccc(C)cc3)C2)nc2ccccc21. The minimum atomic E-state index is -0.412. The topological polar surface area (TPSA) is 76.5 Å². The van der Waals surface area contributed by atoms with Gasteiger partial charge in [-0.1, -0.05) is 29.8 Å². The first-order valence-corrected chi connectivity index (χ1v) is 10.8. The summed E-state index contributed by atoms with van der Waals surface area (Å²) in [5.41, 5.74) is 3.76. The molecule has 7 nitrogen and oxygen atoms in total. The second-order valence-electron chi connectivity index (χ2n) is 7.86. The maximum absolute atomic E-state index is 13.0. The minimum absolute atomic E-state index is 0.0331. The number of amides is 2. The lowest BCUT2D eigenvalue weighted by atomic mass is 10.1. The molecular weight excluding hydrogens is 392 g/mol. The number of aromatic nitrogens is 2. The minimum Gasteiger partial charge on any atom is -0.382 e. The van der Waals surface area contributed by atoms with Crippen molar-refractivity contribution >= 4 is 34.5 Å². The second kappa shape index (κ2) is 9.31. The van der Waals surface area contributed by atoms with Gasteiger partial charge in [-0.15, -0.1) is 0 Å². The number of ether oxygens (including phenoxy) is 1. The van der Waals surface area contributed by atoms with Crippen LogP contribution in [-0.4, -0.2) is 41.1 Å². The highest BCUT2D eigenvalue weighted by Crippen LogP contribution is 2.27. The highest BCUT2D eigenvalue weighted by atomic mass is 16.5. The smallest absolute Gasteiger partial charge is 0.232 e. The van der Waals surface area contributed by atoms with Crippen LogP contribution in [0.4, 0.5) is 11.6 Å². The first-order valence-electron chi connectivity index (χ1n) is 10.8. The molecule has 0 radical (unpaired) electrons. The summed E-state index contributed by atoms with van der Waals surface area (Å²) in [6.45, 7) is 6.38. The van der Waals surface area contributed by atoms with Crippen molar-refractivity contribution in [3.05, 3.63) is 54.1 Å². The Hall–Kier alpha value is -3.19. The van der Waals surface area contributed by atoms with Crippen LogP contribution < -0.4 is 10.2 Å². The van der Waals surface area contributed by atoms with Crippen LogP contribution in [0, 0.1) is 12.8 Å². The zero-order chi connectivity index (χ0) is 21.8. The molecule has 1 aromatic heterocycles. The zero-order valence-electron chi connectivity index (χ0n) is 18.0. The van der Waals surface area contributed by atoms with Gasteiger partial charge in [0.15, 0.2) is 0 Å². The molecule has 4 rings (SSSR count). The van der Waals surface area contributed by atoms with Crippen molar-refractivity contribution in [2.24, 2.45) is 5.92 Å². The predicted octanol–water partition coefficient (Wildman–Crippen LogP) is 3.76. The third kappa shape index (κ3) is 4.61. The van der Waals surface area contributed by atoms with Gasteiger partial charge >= 0.3 is 0 Å². The quantitative estimate of drug-likeness (QED) is 0.563. The Kier molecular flexibility index (Phi) is 6.32. The van der Waals surface area contributed by atoms with Crippen molar-refractivity contribution in [1.82, 2.24) is 9.55 Å². The van der Waals surface area contributed by atoms with Crippen molar-refractivity contribution in [2.45, 2.75) is 33.2 Å². The van der Waals surface area contributed by atoms with E-state index in [0.717, 1.165) is 28.7 Å². The number of benzene rings is 2. The molecule has 1 atom stereocenters. The Morgan fingerprint density at radius 3 is 2.74 bits per heavy atom. The van der Waals surface area contributed by atoms with Gasteiger partial charge in [0.25, 0.3) is 0 Å². The summed E-state index contributed by atoms with van der Waals surface area (Å²) in [7, 11) is 0. The third-order valence-corrected chi connectivity index (χ3v) is 5.61. The average molecular weight is 421 g/mol. The molecule has 2 heterocycles. The van der Waals surface area contributed by atoms with Gasteiger partial charge in [0.05, 0.1) is 17.0 Å². The number of para-hydroxylation sites is 2. The van der Waals surface area contributed by atoms with Crippen LogP contribution in [0.1, 0.15) is 25.3 Å². The standard InChI is InChI=1S/C24H28N4O3/c1-3-31-14-6-13-27-21-8-5-4-7-20(21)25-24(27)26-23(30)18-15-22(29)28(16-18)19-11-9-17(2)10-12-19/h4-5,7-12,18H,3,6,13-16H2,1-2H3,(H,25,26,30). The molecule has 0 aliphatic carbocycles. The number of fused-ring (bicyclic) bond motifs is 1. The lowest BCUT2D eigenvalue weighted by molar-refractivity contribution is -0.122. The molecule has 0 saturated carbocycles. The van der Waals surface area contributed by atoms with E-state index in [1.54, 1.807) is 4.90 Å². The third-order valence-electron chi connectivity index (χ3n) is 5.61. The van der Waals surface area contributed by atoms with Crippen LogP contribution >= 0.6 is 0 Å². The highest BCUT2D eigenvalue weighted by molar-refractivity contribution is 6.03. The Morgan fingerprint density at radius 2 is 1.97 bits per heavy atom. The molecular formula is C24H28N4O3. The second-order valence-corrected chi connectivity index (χ2v) is 7.86. The fraction of sp³-hybridized carbons (Fsp3) is 0.375. The number of carbonyl (C=O) groups excluding carboxylic acids is 2. The van der Waals surface area contributed by atoms with E-state index in [0.29, 0.717) is 32.3 Å². The van der Waals surface area contributed by atoms with E-state index in [2.05, 4.69) is 10.3 Å². The van der Waals surface area contributed by atoms with E-state index in [1.807, 2.05) is 66.9 Å². The number of nitrogens with one attached hydrogen (secondary N) is 1. The van der Waals surface area contributed by atoms with Gasteiger partial charge in [0.1, 0.15) is 0 Å². The van der Waals surface area contributed by atoms with E-state index in [9.17, 15) is 9.59 Å². The summed E-state index contributed by atoms with van der Waals surface area (Å²) in [6, 6.07) is 15.6. The maximum Gasteiger partial charge on any atom is 0.232 e. The molecule has 162 valence electrons. The van der Waals surface area contributed by atoms with Crippen molar-refractivity contribution in [2.75, 3.05) is 30.0 Å². The summed E-state index contributed by atoms with van der Waals surface area (Å²) in [6.07, 6.45) is 1.02. The van der Waals surface area contributed by atoms with E-state index in [1.165, 1.54) is 0 Å². The fourth-order valence-corrected chi connectivity index (χ4v) is 3.94. The summed E-state index contributed by atoms with van der Waals surface area (Å²) in [5.74, 6) is -0.104. The molecule has 1 N–H and O–H groups in total. The number of imidazole rings is 1. The lowest BCUT2D eigenvalue weighted by Gasteiger charge is -2.17. The maximum atomic E-state index is 13.0. The van der Waals surface area contributed by atoms with E-state index < -0.39 is 5.92 Å². The van der Waals surface area contributed by atoms with Gasteiger partial charge in [-0.25, -0.2) is 4.98 Å². The normalized spacial score (nSPS) is 16.3. The first-order chi connectivity index (χ1) is 15.1. The van der Waals surface area contributed by atoms with Gasteiger partial charge in [-0.2, -0.15) is 0 Å². The largest absolute Gasteiger partial charge is 0.382 e. The molecule has 3 aromatic rings. The molecule has 31 heavy (non-hydrogen) atoms. The predicted molar refractivity (Wildman–Crippen MR) is 121 cm³/mol. The Morgan fingerprint density at radius 1 is 1.19 bits per heavy atom. The number of nitrogens with zero attached hydrogens (tertiary/aromatic N) is 3. The van der Waals surface area contributed by atoms with Crippen LogP contribution in [0.2, 0.25) is 0 Å². The molecule has 1 unspecified atom stereocenters. The fourth-order valence-electron chi connectivity index (χ4n) is 3.94. The van der Waals surface area contributed by atoms with Gasteiger partial charge in [0.2, 0.25) is 17.8 Å². The van der Waals surface area contributed by atoms with Crippen molar-refractivity contribution in [3.8, 4) is 0 Å². The monoisotopic (exact) mass is 420 g/mol. The molecule has 2 aromatic carbocycles. The molecule has 1 aliphatic heterocycles. The van der Waals surface area contributed by atoms with Crippen LogP contribution in [0.5, 0.6) is 0 Å². The van der Waals surface area contributed by atoms with Crippen LogP contribution in [0.3, 0.4) is 0 Å². The van der Waals surface area contributed by atoms with Crippen LogP contribution in [0.15, 0.2) is 48.5 Å².